The van der Waals surface area contributed by atoms with Gasteiger partial charge in [0.15, 0.2) is 0 Å². The van der Waals surface area contributed by atoms with Gasteiger partial charge in [-0.25, -0.2) is 0 Å². The third-order valence-electron chi connectivity index (χ3n) is 2.43. The molecule has 2 rings (SSSR count). The maximum Gasteiger partial charge on any atom is 0.113 e. The van der Waals surface area contributed by atoms with Gasteiger partial charge in [0.2, 0.25) is 0 Å². The minimum absolute atomic E-state index is 0.575. The first kappa shape index (κ1) is 13.7. The molecule has 0 spiro atoms. The van der Waals surface area contributed by atoms with Crippen molar-refractivity contribution in [2.24, 2.45) is 0 Å². The molecule has 0 bridgehead atoms. The SMILES string of the molecule is Cc1cc(C(O)c2cc(Br)c(Br)s2)ccc1Br. The number of aliphatic hydroxyl groups is 1. The van der Waals surface area contributed by atoms with E-state index in [1.54, 1.807) is 0 Å². The quantitative estimate of drug-likeness (QED) is 0.660. The molecule has 0 saturated heterocycles. The summed E-state index contributed by atoms with van der Waals surface area (Å²) in [5.74, 6) is 0. The topological polar surface area (TPSA) is 20.2 Å². The minimum Gasteiger partial charge on any atom is -0.383 e. The van der Waals surface area contributed by atoms with Gasteiger partial charge in [0.05, 0.1) is 3.79 Å². The lowest BCUT2D eigenvalue weighted by molar-refractivity contribution is 0.224. The maximum absolute atomic E-state index is 10.3. The van der Waals surface area contributed by atoms with Crippen LogP contribution in [0.4, 0.5) is 0 Å². The van der Waals surface area contributed by atoms with Gasteiger partial charge in [-0.15, -0.1) is 11.3 Å². The fraction of sp³-hybridized carbons (Fsp3) is 0.167. The molecule has 2 aromatic rings. The molecule has 0 radical (unpaired) electrons. The molecule has 0 saturated carbocycles. The van der Waals surface area contributed by atoms with E-state index >= 15 is 0 Å². The molecule has 1 N–H and O–H groups in total. The Kier molecular flexibility index (Phi) is 4.47. The molecule has 1 unspecified atom stereocenters. The molecule has 1 atom stereocenters. The van der Waals surface area contributed by atoms with E-state index in [1.807, 2.05) is 31.2 Å². The van der Waals surface area contributed by atoms with Crippen LogP contribution in [-0.2, 0) is 0 Å². The number of aryl methyl sites for hydroxylation is 1. The van der Waals surface area contributed by atoms with E-state index < -0.39 is 6.10 Å². The zero-order valence-electron chi connectivity index (χ0n) is 8.88. The van der Waals surface area contributed by atoms with Crippen LogP contribution in [0.3, 0.4) is 0 Å². The van der Waals surface area contributed by atoms with E-state index in [9.17, 15) is 5.11 Å². The molecule has 0 aliphatic heterocycles. The van der Waals surface area contributed by atoms with Gasteiger partial charge >= 0.3 is 0 Å². The zero-order chi connectivity index (χ0) is 12.6. The third kappa shape index (κ3) is 3.01. The number of thiophene rings is 1. The second kappa shape index (κ2) is 5.53. The molecule has 0 aliphatic rings. The third-order valence-corrected chi connectivity index (χ3v) is 6.63. The summed E-state index contributed by atoms with van der Waals surface area (Å²) in [4.78, 5) is 0.922. The van der Waals surface area contributed by atoms with Crippen molar-refractivity contribution in [1.29, 1.82) is 0 Å². The fourth-order valence-electron chi connectivity index (χ4n) is 1.50. The van der Waals surface area contributed by atoms with Gasteiger partial charge in [0.25, 0.3) is 0 Å². The van der Waals surface area contributed by atoms with Gasteiger partial charge in [-0.2, -0.15) is 0 Å². The van der Waals surface area contributed by atoms with E-state index in [0.717, 1.165) is 28.7 Å². The van der Waals surface area contributed by atoms with Gasteiger partial charge in [-0.1, -0.05) is 28.1 Å². The molecule has 90 valence electrons. The summed E-state index contributed by atoms with van der Waals surface area (Å²) in [6.45, 7) is 2.01. The molecule has 0 amide bonds. The van der Waals surface area contributed by atoms with Crippen molar-refractivity contribution in [2.45, 2.75) is 13.0 Å². The van der Waals surface area contributed by atoms with Crippen molar-refractivity contribution in [1.82, 2.24) is 0 Å². The van der Waals surface area contributed by atoms with Crippen LogP contribution in [0, 0.1) is 6.92 Å². The Hall–Kier alpha value is 0.320. The first-order chi connectivity index (χ1) is 7.99. The van der Waals surface area contributed by atoms with Crippen molar-refractivity contribution < 1.29 is 5.11 Å². The van der Waals surface area contributed by atoms with Gasteiger partial charge in [0.1, 0.15) is 6.10 Å². The number of halogens is 3. The van der Waals surface area contributed by atoms with Gasteiger partial charge in [-0.05, 0) is 62.0 Å². The molecular weight excluding hydrogens is 432 g/mol. The highest BCUT2D eigenvalue weighted by Gasteiger charge is 2.15. The predicted octanol–water partition coefficient (Wildman–Crippen LogP) is 5.43. The average Bonchev–Trinajstić information content (AvgIpc) is 2.62. The number of benzene rings is 1. The van der Waals surface area contributed by atoms with E-state index in [2.05, 4.69) is 47.8 Å². The number of aliphatic hydroxyl groups excluding tert-OH is 1. The Labute approximate surface area is 129 Å². The molecule has 1 aromatic heterocycles. The number of rotatable bonds is 2. The van der Waals surface area contributed by atoms with Crippen LogP contribution in [0.15, 0.2) is 37.0 Å². The summed E-state index contributed by atoms with van der Waals surface area (Å²) >= 11 is 11.9. The van der Waals surface area contributed by atoms with E-state index in [-0.39, 0.29) is 0 Å². The Morgan fingerprint density at radius 3 is 2.35 bits per heavy atom. The number of hydrogen-bond donors (Lipinski definition) is 1. The first-order valence-corrected chi connectivity index (χ1v) is 8.07. The van der Waals surface area contributed by atoms with Crippen molar-refractivity contribution in [3.8, 4) is 0 Å². The second-order valence-corrected chi connectivity index (χ2v) is 7.79. The molecule has 0 aliphatic carbocycles. The predicted molar refractivity (Wildman–Crippen MR) is 82.7 cm³/mol. The molecule has 1 nitrogen and oxygen atoms in total. The summed E-state index contributed by atoms with van der Waals surface area (Å²) in [6, 6.07) is 7.84. The van der Waals surface area contributed by atoms with Crippen LogP contribution in [0.5, 0.6) is 0 Å². The highest BCUT2D eigenvalue weighted by Crippen LogP contribution is 2.37. The van der Waals surface area contributed by atoms with Crippen LogP contribution in [0.1, 0.15) is 22.1 Å². The lowest BCUT2D eigenvalue weighted by Crippen LogP contribution is -1.97. The highest BCUT2D eigenvalue weighted by atomic mass is 79.9. The lowest BCUT2D eigenvalue weighted by atomic mass is 10.1. The maximum atomic E-state index is 10.3. The van der Waals surface area contributed by atoms with Gasteiger partial charge in [0, 0.05) is 13.8 Å². The summed E-state index contributed by atoms with van der Waals surface area (Å²) in [5.41, 5.74) is 2.03. The van der Waals surface area contributed by atoms with Crippen LogP contribution in [0.25, 0.3) is 0 Å². The van der Waals surface area contributed by atoms with Crippen LogP contribution < -0.4 is 0 Å². The monoisotopic (exact) mass is 438 g/mol. The summed E-state index contributed by atoms with van der Waals surface area (Å²) in [6.07, 6.45) is -0.575. The van der Waals surface area contributed by atoms with E-state index in [4.69, 9.17) is 0 Å². The molecule has 0 fully saturated rings. The Bertz CT molecular complexity index is 531. The lowest BCUT2D eigenvalue weighted by Gasteiger charge is -2.10. The Morgan fingerprint density at radius 1 is 1.12 bits per heavy atom. The van der Waals surface area contributed by atoms with Crippen molar-refractivity contribution >= 4 is 59.1 Å². The molecule has 17 heavy (non-hydrogen) atoms. The van der Waals surface area contributed by atoms with Gasteiger partial charge in [-0.3, -0.25) is 0 Å². The number of hydrogen-bond acceptors (Lipinski definition) is 2. The van der Waals surface area contributed by atoms with E-state index in [0.29, 0.717) is 0 Å². The average molecular weight is 441 g/mol. The highest BCUT2D eigenvalue weighted by molar-refractivity contribution is 9.13. The second-order valence-electron chi connectivity index (χ2n) is 3.68. The van der Waals surface area contributed by atoms with Crippen LogP contribution in [0.2, 0.25) is 0 Å². The smallest absolute Gasteiger partial charge is 0.113 e. The Balaban J connectivity index is 2.36. The first-order valence-electron chi connectivity index (χ1n) is 4.88. The summed E-state index contributed by atoms with van der Waals surface area (Å²) in [5, 5.41) is 10.3. The van der Waals surface area contributed by atoms with Crippen molar-refractivity contribution in [2.75, 3.05) is 0 Å². The van der Waals surface area contributed by atoms with Gasteiger partial charge < -0.3 is 5.11 Å². The molecule has 1 heterocycles. The fourth-order valence-corrected chi connectivity index (χ4v) is 3.85. The molecule has 1 aromatic carbocycles. The van der Waals surface area contributed by atoms with Crippen molar-refractivity contribution in [3.05, 3.63) is 53.0 Å². The molecule has 5 heteroatoms. The van der Waals surface area contributed by atoms with Crippen LogP contribution >= 0.6 is 59.1 Å². The summed E-state index contributed by atoms with van der Waals surface area (Å²) in [7, 11) is 0. The van der Waals surface area contributed by atoms with Crippen LogP contribution in [-0.4, -0.2) is 5.11 Å². The largest absolute Gasteiger partial charge is 0.383 e. The zero-order valence-corrected chi connectivity index (χ0v) is 14.5. The van der Waals surface area contributed by atoms with Crippen molar-refractivity contribution in [3.63, 3.8) is 0 Å². The summed E-state index contributed by atoms with van der Waals surface area (Å²) < 4.78 is 3.03. The standard InChI is InChI=1S/C12H9Br3OS/c1-6-4-7(2-3-8(6)13)11(16)10-5-9(14)12(15)17-10/h2-5,11,16H,1H3. The Morgan fingerprint density at radius 2 is 1.82 bits per heavy atom. The van der Waals surface area contributed by atoms with E-state index in [1.165, 1.54) is 11.3 Å². The minimum atomic E-state index is -0.575. The molecular formula is C12H9Br3OS. The normalized spacial score (nSPS) is 12.8.